The number of rotatable bonds is 2. The minimum Gasteiger partial charge on any atom is -0.378 e. The molecule has 5 aliphatic rings. The van der Waals surface area contributed by atoms with Crippen LogP contribution in [0, 0.1) is 5.92 Å². The second-order valence-electron chi connectivity index (χ2n) is 7.58. The van der Waals surface area contributed by atoms with Crippen LogP contribution in [-0.4, -0.2) is 67.7 Å². The Bertz CT molecular complexity index is 648. The molecule has 0 radical (unpaired) electrons. The van der Waals surface area contributed by atoms with Gasteiger partial charge in [0.15, 0.2) is 0 Å². The molecule has 4 saturated heterocycles. The van der Waals surface area contributed by atoms with E-state index in [1.165, 1.54) is 37.2 Å². The lowest BCUT2D eigenvalue weighted by molar-refractivity contribution is 0.00846. The Labute approximate surface area is 143 Å². The van der Waals surface area contributed by atoms with Crippen molar-refractivity contribution in [3.63, 3.8) is 0 Å². The summed E-state index contributed by atoms with van der Waals surface area (Å²) in [4.78, 5) is 20.1. The van der Waals surface area contributed by atoms with Gasteiger partial charge in [-0.15, -0.1) is 0 Å². The van der Waals surface area contributed by atoms with E-state index in [9.17, 15) is 4.79 Å². The maximum Gasteiger partial charge on any atom is 0.254 e. The van der Waals surface area contributed by atoms with Crippen LogP contribution in [0.15, 0.2) is 18.2 Å². The van der Waals surface area contributed by atoms with Gasteiger partial charge in [-0.25, -0.2) is 0 Å². The fourth-order valence-electron chi connectivity index (χ4n) is 4.88. The number of benzene rings is 1. The molecule has 24 heavy (non-hydrogen) atoms. The maximum atomic E-state index is 13.1. The summed E-state index contributed by atoms with van der Waals surface area (Å²) in [7, 11) is 0. The first-order valence-corrected chi connectivity index (χ1v) is 9.28. The highest BCUT2D eigenvalue weighted by Gasteiger charge is 2.42. The second kappa shape index (κ2) is 5.74. The maximum absolute atomic E-state index is 13.1. The molecule has 1 atom stereocenters. The quantitative estimate of drug-likeness (QED) is 0.826. The van der Waals surface area contributed by atoms with E-state index in [1.54, 1.807) is 0 Å². The smallest absolute Gasteiger partial charge is 0.254 e. The molecule has 0 aliphatic carbocycles. The van der Waals surface area contributed by atoms with Crippen molar-refractivity contribution in [3.8, 4) is 0 Å². The average molecular weight is 327 g/mol. The Balaban J connectivity index is 1.39. The summed E-state index contributed by atoms with van der Waals surface area (Å²) in [5, 5.41) is 0. The van der Waals surface area contributed by atoms with E-state index in [0.29, 0.717) is 12.0 Å². The molecule has 1 unspecified atom stereocenters. The number of piperidine rings is 3. The summed E-state index contributed by atoms with van der Waals surface area (Å²) in [6.07, 6.45) is 2.51. The number of hydrogen-bond donors (Lipinski definition) is 0. The molecular weight excluding hydrogens is 302 g/mol. The number of ether oxygens (including phenoxy) is 1. The van der Waals surface area contributed by atoms with E-state index in [0.717, 1.165) is 45.0 Å². The van der Waals surface area contributed by atoms with E-state index in [2.05, 4.69) is 32.9 Å². The Morgan fingerprint density at radius 2 is 1.83 bits per heavy atom. The van der Waals surface area contributed by atoms with Crippen LogP contribution in [0.5, 0.6) is 0 Å². The molecule has 0 saturated carbocycles. The minimum atomic E-state index is 0.249. The van der Waals surface area contributed by atoms with Crippen LogP contribution in [0.4, 0.5) is 5.69 Å². The van der Waals surface area contributed by atoms with Gasteiger partial charge in [0, 0.05) is 43.5 Å². The van der Waals surface area contributed by atoms with Gasteiger partial charge in [-0.2, -0.15) is 0 Å². The molecule has 2 bridgehead atoms. The molecule has 5 nitrogen and oxygen atoms in total. The SMILES string of the molecule is O=C1c2cc(N3CCOCC3)ccc2CN1C1CN2CCC1CC2. The van der Waals surface area contributed by atoms with Crippen LogP contribution in [0.1, 0.15) is 28.8 Å². The largest absolute Gasteiger partial charge is 0.378 e. The van der Waals surface area contributed by atoms with Gasteiger partial charge < -0.3 is 19.4 Å². The first-order valence-electron chi connectivity index (χ1n) is 9.28. The fourth-order valence-corrected chi connectivity index (χ4v) is 4.88. The average Bonchev–Trinajstić information content (AvgIpc) is 2.99. The van der Waals surface area contributed by atoms with Crippen molar-refractivity contribution in [3.05, 3.63) is 29.3 Å². The Hall–Kier alpha value is -1.59. The van der Waals surface area contributed by atoms with Crippen LogP contribution in [0.25, 0.3) is 0 Å². The lowest BCUT2D eigenvalue weighted by atomic mass is 9.83. The third-order valence-corrected chi connectivity index (χ3v) is 6.32. The first kappa shape index (κ1) is 14.7. The van der Waals surface area contributed by atoms with Crippen LogP contribution in [-0.2, 0) is 11.3 Å². The zero-order valence-corrected chi connectivity index (χ0v) is 14.1. The highest BCUT2D eigenvalue weighted by atomic mass is 16.5. The highest BCUT2D eigenvalue weighted by Crippen LogP contribution is 2.36. The first-order chi connectivity index (χ1) is 11.8. The molecule has 0 spiro atoms. The predicted octanol–water partition coefficient (Wildman–Crippen LogP) is 1.57. The summed E-state index contributed by atoms with van der Waals surface area (Å²) < 4.78 is 5.44. The van der Waals surface area contributed by atoms with Crippen LogP contribution >= 0.6 is 0 Å². The van der Waals surface area contributed by atoms with Crippen LogP contribution in [0.2, 0.25) is 0 Å². The van der Waals surface area contributed by atoms with Gasteiger partial charge in [0.2, 0.25) is 0 Å². The molecule has 128 valence electrons. The van der Waals surface area contributed by atoms with Gasteiger partial charge in [0.05, 0.1) is 13.2 Å². The van der Waals surface area contributed by atoms with Crippen molar-refractivity contribution < 1.29 is 9.53 Å². The number of fused-ring (bicyclic) bond motifs is 4. The Kier molecular flexibility index (Phi) is 3.52. The number of hydrogen-bond acceptors (Lipinski definition) is 4. The summed E-state index contributed by atoms with van der Waals surface area (Å²) in [5.74, 6) is 0.950. The van der Waals surface area contributed by atoms with Gasteiger partial charge in [-0.3, -0.25) is 4.79 Å². The molecule has 6 rings (SSSR count). The van der Waals surface area contributed by atoms with E-state index in [-0.39, 0.29) is 5.91 Å². The summed E-state index contributed by atoms with van der Waals surface area (Å²) in [6, 6.07) is 6.88. The number of carbonyl (C=O) groups excluding carboxylic acids is 1. The lowest BCUT2D eigenvalue weighted by Gasteiger charge is -2.48. The third-order valence-electron chi connectivity index (χ3n) is 6.32. The van der Waals surface area contributed by atoms with Crippen molar-refractivity contribution in [1.82, 2.24) is 9.80 Å². The van der Waals surface area contributed by atoms with Crippen molar-refractivity contribution >= 4 is 11.6 Å². The Morgan fingerprint density at radius 3 is 2.54 bits per heavy atom. The third kappa shape index (κ3) is 2.33. The van der Waals surface area contributed by atoms with Crippen molar-refractivity contribution in [2.75, 3.05) is 50.8 Å². The topological polar surface area (TPSA) is 36.0 Å². The second-order valence-corrected chi connectivity index (χ2v) is 7.58. The minimum absolute atomic E-state index is 0.249. The molecule has 5 aliphatic heterocycles. The molecule has 1 aromatic carbocycles. The molecule has 4 fully saturated rings. The standard InChI is InChI=1S/C19H25N3O2/c23-19-17-11-16(21-7-9-24-10-8-21)2-1-15(17)12-22(19)18-13-20-5-3-14(18)4-6-20/h1-2,11,14,18H,3-10,12-13H2. The monoisotopic (exact) mass is 327 g/mol. The van der Waals surface area contributed by atoms with Crippen molar-refractivity contribution in [2.45, 2.75) is 25.4 Å². The zero-order chi connectivity index (χ0) is 16.1. The van der Waals surface area contributed by atoms with E-state index >= 15 is 0 Å². The number of anilines is 1. The number of nitrogens with zero attached hydrogens (tertiary/aromatic N) is 3. The summed E-state index contributed by atoms with van der Waals surface area (Å²) in [5.41, 5.74) is 3.30. The van der Waals surface area contributed by atoms with Gasteiger partial charge in [-0.05, 0) is 49.5 Å². The van der Waals surface area contributed by atoms with E-state index < -0.39 is 0 Å². The van der Waals surface area contributed by atoms with E-state index in [4.69, 9.17) is 4.74 Å². The van der Waals surface area contributed by atoms with Crippen molar-refractivity contribution in [1.29, 1.82) is 0 Å². The van der Waals surface area contributed by atoms with Crippen molar-refractivity contribution in [2.24, 2.45) is 5.92 Å². The fraction of sp³-hybridized carbons (Fsp3) is 0.632. The number of amides is 1. The number of morpholine rings is 1. The zero-order valence-electron chi connectivity index (χ0n) is 14.1. The normalized spacial score (nSPS) is 32.3. The molecule has 5 heteroatoms. The van der Waals surface area contributed by atoms with Gasteiger partial charge >= 0.3 is 0 Å². The van der Waals surface area contributed by atoms with E-state index in [1.807, 2.05) is 0 Å². The Morgan fingerprint density at radius 1 is 1.04 bits per heavy atom. The van der Waals surface area contributed by atoms with Gasteiger partial charge in [-0.1, -0.05) is 6.07 Å². The van der Waals surface area contributed by atoms with Crippen LogP contribution in [0.3, 0.4) is 0 Å². The molecule has 0 aromatic heterocycles. The highest BCUT2D eigenvalue weighted by molar-refractivity contribution is 5.99. The molecule has 1 amide bonds. The van der Waals surface area contributed by atoms with Gasteiger partial charge in [0.25, 0.3) is 5.91 Å². The summed E-state index contributed by atoms with van der Waals surface area (Å²) in [6.45, 7) is 7.68. The van der Waals surface area contributed by atoms with Crippen LogP contribution < -0.4 is 4.90 Å². The summed E-state index contributed by atoms with van der Waals surface area (Å²) >= 11 is 0. The molecular formula is C19H25N3O2. The molecule has 0 N–H and O–H groups in total. The molecule has 1 aromatic rings. The van der Waals surface area contributed by atoms with Gasteiger partial charge in [0.1, 0.15) is 0 Å². The molecule has 5 heterocycles. The predicted molar refractivity (Wildman–Crippen MR) is 92.3 cm³/mol. The lowest BCUT2D eigenvalue weighted by Crippen LogP contribution is -2.57. The number of carbonyl (C=O) groups is 1.